The first-order chi connectivity index (χ1) is 7.90. The number of carbonyl (C=O) groups excluding carboxylic acids is 1. The second-order valence-corrected chi connectivity index (χ2v) is 5.34. The first-order valence-electron chi connectivity index (χ1n) is 6.01. The van der Waals surface area contributed by atoms with Crippen molar-refractivity contribution in [2.75, 3.05) is 7.05 Å². The molecule has 0 aliphatic carbocycles. The molecular formula is C14H20N2O. The molecule has 1 heterocycles. The highest BCUT2D eigenvalue weighted by Crippen LogP contribution is 2.21. The molecule has 0 aromatic heterocycles. The fraction of sp³-hybridized carbons (Fsp3) is 0.500. The molecule has 1 aromatic rings. The van der Waals surface area contributed by atoms with Crippen LogP contribution in [0.5, 0.6) is 0 Å². The lowest BCUT2D eigenvalue weighted by atomic mass is 10.0. The van der Waals surface area contributed by atoms with Gasteiger partial charge in [0.2, 0.25) is 5.91 Å². The molecule has 3 heteroatoms. The van der Waals surface area contributed by atoms with Crippen LogP contribution in [0.4, 0.5) is 0 Å². The van der Waals surface area contributed by atoms with Gasteiger partial charge in [0.15, 0.2) is 0 Å². The van der Waals surface area contributed by atoms with Crippen LogP contribution in [0, 0.1) is 6.92 Å². The van der Waals surface area contributed by atoms with Gasteiger partial charge in [0.25, 0.3) is 0 Å². The second-order valence-electron chi connectivity index (χ2n) is 5.34. The molecule has 0 radical (unpaired) electrons. The Bertz CT molecular complexity index is 422. The van der Waals surface area contributed by atoms with Gasteiger partial charge in [0.05, 0.1) is 11.7 Å². The topological polar surface area (TPSA) is 32.3 Å². The molecule has 0 bridgehead atoms. The standard InChI is InChI=1S/C14H20N2O/c1-10-5-7-11(8-6-10)9-12-13(17)16(4)14(2,3)15-12/h5-8,12,15H,9H2,1-4H3/t12-/m0/s1. The highest BCUT2D eigenvalue weighted by atomic mass is 16.2. The average Bonchev–Trinajstić information content (AvgIpc) is 2.46. The molecule has 0 spiro atoms. The Kier molecular flexibility index (Phi) is 2.96. The van der Waals surface area contributed by atoms with E-state index in [9.17, 15) is 4.79 Å². The number of hydrogen-bond donors (Lipinski definition) is 1. The Hall–Kier alpha value is -1.35. The Morgan fingerprint density at radius 1 is 1.29 bits per heavy atom. The number of likely N-dealkylation sites (N-methyl/N-ethyl adjacent to an activating group) is 1. The molecule has 1 aliphatic heterocycles. The van der Waals surface area contributed by atoms with Crippen LogP contribution >= 0.6 is 0 Å². The van der Waals surface area contributed by atoms with Crippen molar-refractivity contribution >= 4 is 5.91 Å². The van der Waals surface area contributed by atoms with Crippen LogP contribution in [-0.2, 0) is 11.2 Å². The summed E-state index contributed by atoms with van der Waals surface area (Å²) in [5.41, 5.74) is 2.20. The first kappa shape index (κ1) is 12.1. The van der Waals surface area contributed by atoms with Gasteiger partial charge in [0.1, 0.15) is 0 Å². The van der Waals surface area contributed by atoms with E-state index in [1.165, 1.54) is 11.1 Å². The summed E-state index contributed by atoms with van der Waals surface area (Å²) in [6.07, 6.45) is 0.757. The zero-order chi connectivity index (χ0) is 12.6. The molecule has 1 aromatic carbocycles. The number of amides is 1. The quantitative estimate of drug-likeness (QED) is 0.842. The minimum atomic E-state index is -0.244. The van der Waals surface area contributed by atoms with E-state index in [4.69, 9.17) is 0 Å². The zero-order valence-electron chi connectivity index (χ0n) is 10.9. The predicted molar refractivity (Wildman–Crippen MR) is 68.7 cm³/mol. The van der Waals surface area contributed by atoms with Crippen molar-refractivity contribution < 1.29 is 4.79 Å². The fourth-order valence-corrected chi connectivity index (χ4v) is 2.19. The van der Waals surface area contributed by atoms with E-state index >= 15 is 0 Å². The molecular weight excluding hydrogens is 212 g/mol. The van der Waals surface area contributed by atoms with Gasteiger partial charge in [-0.2, -0.15) is 0 Å². The summed E-state index contributed by atoms with van der Waals surface area (Å²) >= 11 is 0. The molecule has 1 aliphatic rings. The summed E-state index contributed by atoms with van der Waals surface area (Å²) < 4.78 is 0. The SMILES string of the molecule is Cc1ccc(C[C@@H]2NC(C)(C)N(C)C2=O)cc1. The van der Waals surface area contributed by atoms with Crippen molar-refractivity contribution in [1.29, 1.82) is 0 Å². The largest absolute Gasteiger partial charge is 0.327 e. The molecule has 1 saturated heterocycles. The van der Waals surface area contributed by atoms with E-state index in [-0.39, 0.29) is 17.6 Å². The van der Waals surface area contributed by atoms with Gasteiger partial charge in [-0.25, -0.2) is 0 Å². The molecule has 2 rings (SSSR count). The average molecular weight is 232 g/mol. The Morgan fingerprint density at radius 3 is 2.35 bits per heavy atom. The van der Waals surface area contributed by atoms with E-state index in [1.807, 2.05) is 20.9 Å². The zero-order valence-corrected chi connectivity index (χ0v) is 10.9. The van der Waals surface area contributed by atoms with Crippen molar-refractivity contribution in [3.05, 3.63) is 35.4 Å². The number of nitrogens with zero attached hydrogens (tertiary/aromatic N) is 1. The number of aryl methyl sites for hydroxylation is 1. The summed E-state index contributed by atoms with van der Waals surface area (Å²) in [6.45, 7) is 6.12. The molecule has 92 valence electrons. The predicted octanol–water partition coefficient (Wildman–Crippen LogP) is 1.70. The van der Waals surface area contributed by atoms with Gasteiger partial charge < -0.3 is 4.90 Å². The summed E-state index contributed by atoms with van der Waals surface area (Å²) in [5, 5.41) is 3.37. The van der Waals surface area contributed by atoms with Gasteiger partial charge in [-0.05, 0) is 32.8 Å². The fourth-order valence-electron chi connectivity index (χ4n) is 2.19. The van der Waals surface area contributed by atoms with Crippen molar-refractivity contribution in [2.24, 2.45) is 0 Å². The van der Waals surface area contributed by atoms with Gasteiger partial charge in [0, 0.05) is 7.05 Å². The van der Waals surface area contributed by atoms with Crippen LogP contribution in [0.25, 0.3) is 0 Å². The van der Waals surface area contributed by atoms with Crippen molar-refractivity contribution in [1.82, 2.24) is 10.2 Å². The molecule has 0 saturated carbocycles. The third kappa shape index (κ3) is 2.34. The maximum absolute atomic E-state index is 12.1. The van der Waals surface area contributed by atoms with Gasteiger partial charge in [-0.3, -0.25) is 10.1 Å². The Balaban J connectivity index is 2.10. The summed E-state index contributed by atoms with van der Waals surface area (Å²) in [6, 6.07) is 8.26. The number of carbonyl (C=O) groups is 1. The van der Waals surface area contributed by atoms with Gasteiger partial charge in [-0.1, -0.05) is 29.8 Å². The van der Waals surface area contributed by atoms with Crippen LogP contribution in [0.2, 0.25) is 0 Å². The minimum absolute atomic E-state index is 0.0993. The molecule has 1 atom stereocenters. The molecule has 3 nitrogen and oxygen atoms in total. The lowest BCUT2D eigenvalue weighted by molar-refractivity contribution is -0.129. The Labute approximate surface area is 103 Å². The molecule has 17 heavy (non-hydrogen) atoms. The van der Waals surface area contributed by atoms with Crippen molar-refractivity contribution in [2.45, 2.75) is 38.9 Å². The van der Waals surface area contributed by atoms with Gasteiger partial charge >= 0.3 is 0 Å². The number of benzene rings is 1. The van der Waals surface area contributed by atoms with Crippen LogP contribution < -0.4 is 5.32 Å². The first-order valence-corrected chi connectivity index (χ1v) is 6.01. The lowest BCUT2D eigenvalue weighted by Gasteiger charge is -2.27. The minimum Gasteiger partial charge on any atom is -0.327 e. The monoisotopic (exact) mass is 232 g/mol. The normalized spacial score (nSPS) is 23.2. The van der Waals surface area contributed by atoms with Crippen molar-refractivity contribution in [3.63, 3.8) is 0 Å². The number of nitrogens with one attached hydrogen (secondary N) is 1. The van der Waals surface area contributed by atoms with E-state index < -0.39 is 0 Å². The van der Waals surface area contributed by atoms with Crippen LogP contribution in [0.1, 0.15) is 25.0 Å². The van der Waals surface area contributed by atoms with E-state index in [0.717, 1.165) is 6.42 Å². The summed E-state index contributed by atoms with van der Waals surface area (Å²) in [4.78, 5) is 13.8. The number of hydrogen-bond acceptors (Lipinski definition) is 2. The number of rotatable bonds is 2. The third-order valence-corrected chi connectivity index (χ3v) is 3.56. The molecule has 1 fully saturated rings. The van der Waals surface area contributed by atoms with Crippen LogP contribution in [0.15, 0.2) is 24.3 Å². The summed E-state index contributed by atoms with van der Waals surface area (Å²) in [7, 11) is 1.85. The van der Waals surface area contributed by atoms with E-state index in [1.54, 1.807) is 4.90 Å². The molecule has 1 amide bonds. The summed E-state index contributed by atoms with van der Waals surface area (Å²) in [5.74, 6) is 0.176. The highest BCUT2D eigenvalue weighted by Gasteiger charge is 2.41. The highest BCUT2D eigenvalue weighted by molar-refractivity contribution is 5.85. The van der Waals surface area contributed by atoms with Crippen molar-refractivity contribution in [3.8, 4) is 0 Å². The van der Waals surface area contributed by atoms with E-state index in [2.05, 4.69) is 36.5 Å². The third-order valence-electron chi connectivity index (χ3n) is 3.56. The maximum atomic E-state index is 12.1. The molecule has 1 N–H and O–H groups in total. The second kappa shape index (κ2) is 4.15. The van der Waals surface area contributed by atoms with Crippen LogP contribution in [-0.4, -0.2) is 29.6 Å². The smallest absolute Gasteiger partial charge is 0.241 e. The Morgan fingerprint density at radius 2 is 1.88 bits per heavy atom. The van der Waals surface area contributed by atoms with E-state index in [0.29, 0.717) is 0 Å². The van der Waals surface area contributed by atoms with Crippen LogP contribution in [0.3, 0.4) is 0 Å². The molecule has 0 unspecified atom stereocenters. The lowest BCUT2D eigenvalue weighted by Crippen LogP contribution is -2.45. The van der Waals surface area contributed by atoms with Gasteiger partial charge in [-0.15, -0.1) is 0 Å². The maximum Gasteiger partial charge on any atom is 0.241 e.